The third-order valence-corrected chi connectivity index (χ3v) is 13.0. The monoisotopic (exact) mass is 841 g/mol. The van der Waals surface area contributed by atoms with Gasteiger partial charge in [-0.25, -0.2) is 22.0 Å². The van der Waals surface area contributed by atoms with Crippen molar-refractivity contribution in [1.82, 2.24) is 0 Å². The van der Waals surface area contributed by atoms with Crippen LogP contribution in [0.3, 0.4) is 0 Å². The minimum absolute atomic E-state index is 0.187. The number of carbonyl (C=O) groups is 1. The zero-order valence-corrected chi connectivity index (χ0v) is 33.2. The summed E-state index contributed by atoms with van der Waals surface area (Å²) in [5.74, 6) is -13.0. The highest BCUT2D eigenvalue weighted by molar-refractivity contribution is 7.85. The average Bonchev–Trinajstić information content (AvgIpc) is 3.27. The summed E-state index contributed by atoms with van der Waals surface area (Å²) in [7, 11) is -6.02. The maximum absolute atomic E-state index is 15.7. The second-order valence-electron chi connectivity index (χ2n) is 15.7. The summed E-state index contributed by atoms with van der Waals surface area (Å²) in [6.45, 7) is 0. The van der Waals surface area contributed by atoms with E-state index >= 15 is 17.6 Å². The van der Waals surface area contributed by atoms with Crippen LogP contribution >= 0.6 is 0 Å². The summed E-state index contributed by atoms with van der Waals surface area (Å²) < 4.78 is 102. The zero-order chi connectivity index (χ0) is 42.6. The van der Waals surface area contributed by atoms with Crippen LogP contribution in [0.5, 0.6) is 5.75 Å². The number of benzene rings is 8. The highest BCUT2D eigenvalue weighted by Gasteiger charge is 2.33. The van der Waals surface area contributed by atoms with Crippen molar-refractivity contribution >= 4 is 66.6 Å². The van der Waals surface area contributed by atoms with Gasteiger partial charge in [-0.15, -0.1) is 0 Å². The molecule has 0 N–H and O–H groups in total. The van der Waals surface area contributed by atoms with Gasteiger partial charge >= 0.3 is 5.97 Å². The normalized spacial score (nSPS) is 13.7. The maximum atomic E-state index is 15.7. The van der Waals surface area contributed by atoms with E-state index < -0.39 is 50.0 Å². The van der Waals surface area contributed by atoms with Gasteiger partial charge in [0, 0.05) is 0 Å². The van der Waals surface area contributed by atoms with Gasteiger partial charge in [0.1, 0.15) is 15.0 Å². The molecule has 0 aliphatic heterocycles. The lowest BCUT2D eigenvalue weighted by Gasteiger charge is -2.23. The first-order chi connectivity index (χ1) is 29.9. The SMILES string of the molecule is O=C(Oc1c(F)c(F)c(S(=O)(=O)[O-])c(F)c1F)c1c(-c2cc3c4c(cccc4c2)CC=C3)cc(-c2cc3c4c(cccc4c2)CC=C3)cc1-c1ccc2cccc3c2c1C=CC3. The van der Waals surface area contributed by atoms with E-state index in [9.17, 15) is 17.8 Å². The second-order valence-corrected chi connectivity index (χ2v) is 17.0. The van der Waals surface area contributed by atoms with Crippen LogP contribution in [0.4, 0.5) is 17.6 Å². The molecule has 0 spiro atoms. The van der Waals surface area contributed by atoms with Gasteiger partial charge in [-0.05, 0) is 155 Å². The molecule has 302 valence electrons. The fourth-order valence-electron chi connectivity index (χ4n) is 9.51. The molecule has 0 aromatic heterocycles. The second kappa shape index (κ2) is 14.0. The van der Waals surface area contributed by atoms with Crippen LogP contribution in [0.2, 0.25) is 0 Å². The molecule has 0 radical (unpaired) electrons. The van der Waals surface area contributed by atoms with Crippen molar-refractivity contribution < 1.29 is 40.1 Å². The Morgan fingerprint density at radius 1 is 0.532 bits per heavy atom. The van der Waals surface area contributed by atoms with Gasteiger partial charge in [0.05, 0.1) is 5.56 Å². The highest BCUT2D eigenvalue weighted by Crippen LogP contribution is 2.46. The van der Waals surface area contributed by atoms with Crippen LogP contribution < -0.4 is 4.74 Å². The lowest BCUT2D eigenvalue weighted by molar-refractivity contribution is 0.0718. The van der Waals surface area contributed by atoms with Crippen LogP contribution in [-0.4, -0.2) is 18.9 Å². The predicted octanol–water partition coefficient (Wildman–Crippen LogP) is 12.5. The molecular formula is C52H29F4O5S-. The van der Waals surface area contributed by atoms with Crippen molar-refractivity contribution in [1.29, 1.82) is 0 Å². The fourth-order valence-corrected chi connectivity index (χ4v) is 10.1. The molecule has 0 saturated carbocycles. The first kappa shape index (κ1) is 37.8. The van der Waals surface area contributed by atoms with Crippen LogP contribution in [0.25, 0.3) is 83.9 Å². The Hall–Kier alpha value is -7.14. The Kier molecular flexibility index (Phi) is 8.51. The number of rotatable bonds is 6. The summed E-state index contributed by atoms with van der Waals surface area (Å²) in [6.07, 6.45) is 14.3. The summed E-state index contributed by atoms with van der Waals surface area (Å²) in [6, 6.07) is 33.4. The molecule has 0 heterocycles. The molecule has 0 amide bonds. The predicted molar refractivity (Wildman–Crippen MR) is 233 cm³/mol. The van der Waals surface area contributed by atoms with Gasteiger partial charge in [0.25, 0.3) is 0 Å². The molecule has 0 bridgehead atoms. The van der Waals surface area contributed by atoms with E-state index in [2.05, 4.69) is 30.4 Å². The number of ether oxygens (including phenoxy) is 1. The van der Waals surface area contributed by atoms with Gasteiger partial charge in [-0.1, -0.05) is 103 Å². The van der Waals surface area contributed by atoms with Crippen molar-refractivity contribution in [2.45, 2.75) is 24.2 Å². The van der Waals surface area contributed by atoms with Gasteiger partial charge in [-0.2, -0.15) is 8.78 Å². The standard InChI is InChI=1S/C52H30F4O5S/c53-46-48(55)51(62(58,59)60)49(56)47(54)50(46)61-52(57)45-40(37-23-33-16-4-9-28-10-5-17-34(24-37)43(28)33)25-36(35-21-31-14-2-7-27-8-3-15-32(22-35)42(27)31)26-41(45)38-20-19-30-12-1-11-29-13-6-18-39(38)44(29)30/h1-7,9,11-12,14-26H,8,10,13H2,(H,58,59,60)/p-1. The molecule has 0 saturated heterocycles. The van der Waals surface area contributed by atoms with Crippen LogP contribution in [0.15, 0.2) is 126 Å². The lowest BCUT2D eigenvalue weighted by atomic mass is 9.81. The van der Waals surface area contributed by atoms with Gasteiger partial charge in [0.2, 0.25) is 17.4 Å². The Labute approximate surface area is 352 Å². The number of hydrogen-bond donors (Lipinski definition) is 0. The number of hydrogen-bond acceptors (Lipinski definition) is 5. The number of allylic oxidation sites excluding steroid dienone is 3. The zero-order valence-electron chi connectivity index (χ0n) is 32.4. The lowest BCUT2D eigenvalue weighted by Crippen LogP contribution is -2.17. The minimum Gasteiger partial charge on any atom is -0.744 e. The molecular weight excluding hydrogens is 813 g/mol. The summed E-state index contributed by atoms with van der Waals surface area (Å²) in [5.41, 5.74) is 8.95. The van der Waals surface area contributed by atoms with Crippen molar-refractivity contribution in [3.05, 3.63) is 184 Å². The molecule has 10 heteroatoms. The molecule has 8 aromatic rings. The van der Waals surface area contributed by atoms with Gasteiger partial charge < -0.3 is 9.29 Å². The van der Waals surface area contributed by atoms with E-state index in [0.717, 1.165) is 78.5 Å². The van der Waals surface area contributed by atoms with E-state index in [0.29, 0.717) is 23.1 Å². The minimum atomic E-state index is -6.02. The quantitative estimate of drug-likeness (QED) is 0.0547. The third-order valence-electron chi connectivity index (χ3n) is 12.2. The summed E-state index contributed by atoms with van der Waals surface area (Å²) in [4.78, 5) is 12.6. The van der Waals surface area contributed by atoms with E-state index in [1.807, 2.05) is 97.1 Å². The van der Waals surface area contributed by atoms with E-state index in [-0.39, 0.29) is 16.7 Å². The fraction of sp³-hybridized carbons (Fsp3) is 0.0577. The van der Waals surface area contributed by atoms with E-state index in [1.165, 1.54) is 5.56 Å². The van der Waals surface area contributed by atoms with Crippen LogP contribution in [0, 0.1) is 23.3 Å². The van der Waals surface area contributed by atoms with Crippen LogP contribution in [-0.2, 0) is 29.4 Å². The Bertz CT molecular complexity index is 3540. The van der Waals surface area contributed by atoms with Crippen LogP contribution in [0.1, 0.15) is 43.7 Å². The van der Waals surface area contributed by atoms with Crippen molar-refractivity contribution in [3.8, 4) is 39.1 Å². The Morgan fingerprint density at radius 3 is 1.66 bits per heavy atom. The molecule has 3 aliphatic rings. The average molecular weight is 842 g/mol. The molecule has 62 heavy (non-hydrogen) atoms. The maximum Gasteiger partial charge on any atom is 0.345 e. The third kappa shape index (κ3) is 5.85. The van der Waals surface area contributed by atoms with Gasteiger partial charge in [0.15, 0.2) is 11.6 Å². The molecule has 0 unspecified atom stereocenters. The van der Waals surface area contributed by atoms with E-state index in [4.69, 9.17) is 4.74 Å². The number of carbonyl (C=O) groups excluding carboxylic acids is 1. The van der Waals surface area contributed by atoms with Crippen molar-refractivity contribution in [2.24, 2.45) is 0 Å². The molecule has 0 atom stereocenters. The smallest absolute Gasteiger partial charge is 0.345 e. The highest BCUT2D eigenvalue weighted by atomic mass is 32.2. The first-order valence-corrected chi connectivity index (χ1v) is 21.2. The number of halogens is 4. The topological polar surface area (TPSA) is 83.5 Å². The summed E-state index contributed by atoms with van der Waals surface area (Å²) in [5, 5.41) is 5.91. The summed E-state index contributed by atoms with van der Waals surface area (Å²) >= 11 is 0. The van der Waals surface area contributed by atoms with Crippen molar-refractivity contribution in [3.63, 3.8) is 0 Å². The molecule has 0 fully saturated rings. The number of esters is 1. The largest absolute Gasteiger partial charge is 0.744 e. The first-order valence-electron chi connectivity index (χ1n) is 19.8. The van der Waals surface area contributed by atoms with Crippen molar-refractivity contribution in [2.75, 3.05) is 0 Å². The Morgan fingerprint density at radius 2 is 1.05 bits per heavy atom. The molecule has 5 nitrogen and oxygen atoms in total. The molecule has 11 rings (SSSR count). The van der Waals surface area contributed by atoms with Gasteiger partial charge in [-0.3, -0.25) is 0 Å². The molecule has 8 aromatic carbocycles. The Balaban J connectivity index is 1.24. The molecule has 3 aliphatic carbocycles. The van der Waals surface area contributed by atoms with E-state index in [1.54, 1.807) is 12.1 Å².